The summed E-state index contributed by atoms with van der Waals surface area (Å²) in [5.41, 5.74) is -0.263. The Bertz CT molecular complexity index is 366. The first kappa shape index (κ1) is 11.4. The van der Waals surface area contributed by atoms with Crippen molar-refractivity contribution in [3.8, 4) is 0 Å². The van der Waals surface area contributed by atoms with Crippen LogP contribution in [0, 0.1) is 5.82 Å². The van der Waals surface area contributed by atoms with Gasteiger partial charge in [0.2, 0.25) is 0 Å². The number of carbonyl (C=O) groups is 1. The van der Waals surface area contributed by atoms with Gasteiger partial charge in [-0.25, -0.2) is 9.18 Å². The summed E-state index contributed by atoms with van der Waals surface area (Å²) in [7, 11) is 0. The molecule has 0 aliphatic carbocycles. The lowest BCUT2D eigenvalue weighted by Crippen LogP contribution is -2.02. The maximum atomic E-state index is 13.4. The Morgan fingerprint density at radius 2 is 2.00 bits per heavy atom. The number of hydrogen-bond donors (Lipinski definition) is 1. The van der Waals surface area contributed by atoms with Crippen LogP contribution in [0.2, 0.25) is 0 Å². The van der Waals surface area contributed by atoms with Gasteiger partial charge in [-0.05, 0) is 24.6 Å². The number of rotatable bonds is 3. The highest BCUT2D eigenvalue weighted by atomic mass is 32.2. The molecule has 1 rings (SSSR count). The van der Waals surface area contributed by atoms with Crippen LogP contribution < -0.4 is 0 Å². The Morgan fingerprint density at radius 3 is 2.43 bits per heavy atom. The van der Waals surface area contributed by atoms with Gasteiger partial charge in [-0.3, -0.25) is 0 Å². The quantitative estimate of drug-likeness (QED) is 0.813. The lowest BCUT2D eigenvalue weighted by Gasteiger charge is -2.05. The Kier molecular flexibility index (Phi) is 3.83. The van der Waals surface area contributed by atoms with E-state index < -0.39 is 11.8 Å². The van der Waals surface area contributed by atoms with Crippen LogP contribution in [0.4, 0.5) is 4.39 Å². The van der Waals surface area contributed by atoms with Crippen LogP contribution >= 0.6 is 23.5 Å². The molecule has 2 nitrogen and oxygen atoms in total. The molecule has 0 amide bonds. The monoisotopic (exact) mass is 232 g/mol. The second-order valence-corrected chi connectivity index (χ2v) is 4.22. The summed E-state index contributed by atoms with van der Waals surface area (Å²) in [4.78, 5) is 11.8. The van der Waals surface area contributed by atoms with Crippen molar-refractivity contribution in [2.75, 3.05) is 12.5 Å². The highest BCUT2D eigenvalue weighted by Crippen LogP contribution is 2.28. The third-order valence-electron chi connectivity index (χ3n) is 1.70. The Labute approximate surface area is 89.9 Å². The Morgan fingerprint density at radius 1 is 1.36 bits per heavy atom. The molecule has 76 valence electrons. The molecule has 0 saturated heterocycles. The van der Waals surface area contributed by atoms with Crippen LogP contribution in [0.5, 0.6) is 0 Å². The predicted molar refractivity (Wildman–Crippen MR) is 56.9 cm³/mol. The molecule has 1 N–H and O–H groups in total. The van der Waals surface area contributed by atoms with E-state index in [9.17, 15) is 9.18 Å². The van der Waals surface area contributed by atoms with Gasteiger partial charge in [0.05, 0.1) is 5.56 Å². The summed E-state index contributed by atoms with van der Waals surface area (Å²) in [6.45, 7) is 0. The molecule has 0 unspecified atom stereocenters. The molecule has 1 aromatic carbocycles. The normalized spacial score (nSPS) is 10.2. The molecule has 0 fully saturated rings. The first-order valence-electron chi connectivity index (χ1n) is 3.75. The summed E-state index contributed by atoms with van der Waals surface area (Å²) < 4.78 is 13.4. The van der Waals surface area contributed by atoms with Crippen molar-refractivity contribution in [1.29, 1.82) is 0 Å². The molecule has 5 heteroatoms. The first-order valence-corrected chi connectivity index (χ1v) is 6.20. The van der Waals surface area contributed by atoms with E-state index in [2.05, 4.69) is 0 Å². The van der Waals surface area contributed by atoms with Gasteiger partial charge in [-0.2, -0.15) is 0 Å². The van der Waals surface area contributed by atoms with Crippen molar-refractivity contribution in [3.05, 3.63) is 23.5 Å². The standard InChI is InChI=1S/C9H9FO2S2/c1-13-5-3-6(9(11)12)8(10)7(4-5)14-2/h3-4H,1-2H3,(H,11,12). The number of halogens is 1. The Hall–Kier alpha value is -0.680. The van der Waals surface area contributed by atoms with Crippen molar-refractivity contribution < 1.29 is 14.3 Å². The third kappa shape index (κ3) is 2.22. The van der Waals surface area contributed by atoms with Gasteiger partial charge in [-0.1, -0.05) is 0 Å². The topological polar surface area (TPSA) is 37.3 Å². The summed E-state index contributed by atoms with van der Waals surface area (Å²) >= 11 is 2.60. The smallest absolute Gasteiger partial charge is 0.338 e. The molecule has 1 aromatic rings. The van der Waals surface area contributed by atoms with Crippen LogP contribution in [-0.2, 0) is 0 Å². The number of benzene rings is 1. The third-order valence-corrected chi connectivity index (χ3v) is 3.14. The molecule has 0 atom stereocenters. The van der Waals surface area contributed by atoms with Gasteiger partial charge in [0.15, 0.2) is 5.82 Å². The van der Waals surface area contributed by atoms with E-state index >= 15 is 0 Å². The number of aromatic carboxylic acids is 1. The van der Waals surface area contributed by atoms with Crippen LogP contribution in [-0.4, -0.2) is 23.6 Å². The van der Waals surface area contributed by atoms with E-state index in [0.29, 0.717) is 4.90 Å². The van der Waals surface area contributed by atoms with Gasteiger partial charge in [-0.15, -0.1) is 23.5 Å². The van der Waals surface area contributed by atoms with E-state index in [-0.39, 0.29) is 5.56 Å². The van der Waals surface area contributed by atoms with E-state index in [4.69, 9.17) is 5.11 Å². The Balaban J connectivity index is 3.34. The van der Waals surface area contributed by atoms with E-state index in [1.54, 1.807) is 12.3 Å². The van der Waals surface area contributed by atoms with E-state index in [0.717, 1.165) is 4.90 Å². The van der Waals surface area contributed by atoms with Crippen molar-refractivity contribution >= 4 is 29.5 Å². The van der Waals surface area contributed by atoms with Gasteiger partial charge >= 0.3 is 5.97 Å². The highest BCUT2D eigenvalue weighted by molar-refractivity contribution is 7.99. The average molecular weight is 232 g/mol. The van der Waals surface area contributed by atoms with Crippen molar-refractivity contribution in [1.82, 2.24) is 0 Å². The zero-order chi connectivity index (χ0) is 10.7. The first-order chi connectivity index (χ1) is 6.60. The minimum absolute atomic E-state index is 0.263. The lowest BCUT2D eigenvalue weighted by atomic mass is 10.2. The number of carboxylic acids is 1. The summed E-state index contributed by atoms with van der Waals surface area (Å²) in [6.07, 6.45) is 3.54. The molecular weight excluding hydrogens is 223 g/mol. The average Bonchev–Trinajstić information content (AvgIpc) is 2.17. The minimum atomic E-state index is -1.23. The highest BCUT2D eigenvalue weighted by Gasteiger charge is 2.15. The molecule has 0 radical (unpaired) electrons. The fourth-order valence-corrected chi connectivity index (χ4v) is 2.07. The van der Waals surface area contributed by atoms with Crippen molar-refractivity contribution in [2.45, 2.75) is 9.79 Å². The largest absolute Gasteiger partial charge is 0.478 e. The van der Waals surface area contributed by atoms with E-state index in [1.807, 2.05) is 6.26 Å². The fourth-order valence-electron chi connectivity index (χ4n) is 0.995. The summed E-state index contributed by atoms with van der Waals surface area (Å²) in [6, 6.07) is 3.00. The zero-order valence-electron chi connectivity index (χ0n) is 7.70. The second-order valence-electron chi connectivity index (χ2n) is 2.50. The second kappa shape index (κ2) is 4.70. The van der Waals surface area contributed by atoms with Crippen LogP contribution in [0.1, 0.15) is 10.4 Å². The van der Waals surface area contributed by atoms with Crippen molar-refractivity contribution in [2.24, 2.45) is 0 Å². The molecule has 14 heavy (non-hydrogen) atoms. The predicted octanol–water partition coefficient (Wildman–Crippen LogP) is 2.97. The van der Waals surface area contributed by atoms with Gasteiger partial charge in [0, 0.05) is 9.79 Å². The SMILES string of the molecule is CSc1cc(SC)c(F)c(C(=O)O)c1. The molecule has 0 bridgehead atoms. The number of thioether (sulfide) groups is 2. The van der Waals surface area contributed by atoms with Crippen LogP contribution in [0.3, 0.4) is 0 Å². The van der Waals surface area contributed by atoms with Crippen molar-refractivity contribution in [3.63, 3.8) is 0 Å². The molecule has 0 aliphatic heterocycles. The number of carboxylic acid groups (broad SMARTS) is 1. The fraction of sp³-hybridized carbons (Fsp3) is 0.222. The molecule has 0 spiro atoms. The van der Waals surface area contributed by atoms with E-state index in [1.165, 1.54) is 29.6 Å². The van der Waals surface area contributed by atoms with Gasteiger partial charge in [0.25, 0.3) is 0 Å². The zero-order valence-corrected chi connectivity index (χ0v) is 9.34. The summed E-state index contributed by atoms with van der Waals surface area (Å²) in [5.74, 6) is -1.88. The maximum absolute atomic E-state index is 13.4. The minimum Gasteiger partial charge on any atom is -0.478 e. The van der Waals surface area contributed by atoms with Crippen LogP contribution in [0.25, 0.3) is 0 Å². The van der Waals surface area contributed by atoms with Gasteiger partial charge in [0.1, 0.15) is 0 Å². The van der Waals surface area contributed by atoms with Gasteiger partial charge < -0.3 is 5.11 Å². The molecule has 0 heterocycles. The number of hydrogen-bond acceptors (Lipinski definition) is 3. The molecular formula is C9H9FO2S2. The summed E-state index contributed by atoms with van der Waals surface area (Å²) in [5, 5.41) is 8.75. The molecule has 0 aromatic heterocycles. The molecule has 0 saturated carbocycles. The van der Waals surface area contributed by atoms with Crippen LogP contribution in [0.15, 0.2) is 21.9 Å². The lowest BCUT2D eigenvalue weighted by molar-refractivity contribution is 0.0691. The molecule has 0 aliphatic rings. The maximum Gasteiger partial charge on any atom is 0.338 e.